The predicted octanol–water partition coefficient (Wildman–Crippen LogP) is 2.67. The fourth-order valence-electron chi connectivity index (χ4n) is 3.04. The molecule has 142 valence electrons. The van der Waals surface area contributed by atoms with Crippen LogP contribution in [0.4, 0.5) is 0 Å². The van der Waals surface area contributed by atoms with Gasteiger partial charge in [-0.15, -0.1) is 0 Å². The molecule has 0 saturated heterocycles. The molecule has 6 nitrogen and oxygen atoms in total. The number of benzene rings is 2. The summed E-state index contributed by atoms with van der Waals surface area (Å²) in [5.41, 5.74) is 2.88. The van der Waals surface area contributed by atoms with Gasteiger partial charge in [0.25, 0.3) is 5.56 Å². The largest absolute Gasteiger partial charge is 0.496 e. The first-order valence-corrected chi connectivity index (χ1v) is 10.1. The number of hydrogen-bond donors (Lipinski definition) is 2. The SMILES string of the molecule is COc1ccc(S(=O)(=O)NCCc2cc3cccc(C)c3[nH]c2=O)cc1C. The van der Waals surface area contributed by atoms with E-state index in [1.807, 2.05) is 31.2 Å². The van der Waals surface area contributed by atoms with Crippen LogP contribution in [0.2, 0.25) is 0 Å². The Balaban J connectivity index is 1.76. The zero-order valence-electron chi connectivity index (χ0n) is 15.5. The first-order chi connectivity index (χ1) is 12.8. The van der Waals surface area contributed by atoms with Gasteiger partial charge in [0.15, 0.2) is 0 Å². The molecule has 0 aliphatic heterocycles. The van der Waals surface area contributed by atoms with E-state index in [9.17, 15) is 13.2 Å². The third kappa shape index (κ3) is 4.04. The van der Waals surface area contributed by atoms with Crippen molar-refractivity contribution in [1.29, 1.82) is 0 Å². The minimum Gasteiger partial charge on any atom is -0.496 e. The molecule has 0 bridgehead atoms. The normalized spacial score (nSPS) is 11.7. The molecule has 0 amide bonds. The Bertz CT molecular complexity index is 1150. The molecule has 1 aromatic heterocycles. The van der Waals surface area contributed by atoms with E-state index in [2.05, 4.69) is 9.71 Å². The third-order valence-corrected chi connectivity index (χ3v) is 5.99. The number of pyridine rings is 1. The maximum absolute atomic E-state index is 12.5. The molecule has 3 aromatic rings. The van der Waals surface area contributed by atoms with E-state index in [0.29, 0.717) is 17.7 Å². The van der Waals surface area contributed by atoms with Crippen LogP contribution in [0, 0.1) is 13.8 Å². The topological polar surface area (TPSA) is 88.3 Å². The molecule has 0 saturated carbocycles. The summed E-state index contributed by atoms with van der Waals surface area (Å²) >= 11 is 0. The van der Waals surface area contributed by atoms with Gasteiger partial charge in [-0.3, -0.25) is 4.79 Å². The van der Waals surface area contributed by atoms with Gasteiger partial charge in [-0.2, -0.15) is 0 Å². The number of hydrogen-bond acceptors (Lipinski definition) is 4. The van der Waals surface area contributed by atoms with Crippen molar-refractivity contribution in [1.82, 2.24) is 9.71 Å². The van der Waals surface area contributed by atoms with Gasteiger partial charge in [-0.05, 0) is 61.0 Å². The molecule has 0 spiro atoms. The summed E-state index contributed by atoms with van der Waals surface area (Å²) in [5, 5.41) is 0.929. The first kappa shape index (κ1) is 19.1. The average molecular weight is 386 g/mol. The first-order valence-electron chi connectivity index (χ1n) is 8.57. The van der Waals surface area contributed by atoms with Gasteiger partial charge >= 0.3 is 0 Å². The highest BCUT2D eigenvalue weighted by Gasteiger charge is 2.15. The van der Waals surface area contributed by atoms with Crippen molar-refractivity contribution in [3.8, 4) is 5.75 Å². The number of sulfonamides is 1. The smallest absolute Gasteiger partial charge is 0.251 e. The summed E-state index contributed by atoms with van der Waals surface area (Å²) in [4.78, 5) is 15.3. The van der Waals surface area contributed by atoms with Crippen LogP contribution in [0.25, 0.3) is 10.9 Å². The van der Waals surface area contributed by atoms with E-state index in [1.54, 1.807) is 19.1 Å². The summed E-state index contributed by atoms with van der Waals surface area (Å²) in [6.07, 6.45) is 0.299. The van der Waals surface area contributed by atoms with Crippen LogP contribution >= 0.6 is 0 Å². The molecular formula is C20H22N2O4S. The lowest BCUT2D eigenvalue weighted by molar-refractivity contribution is 0.411. The van der Waals surface area contributed by atoms with Gasteiger partial charge in [-0.1, -0.05) is 18.2 Å². The minimum atomic E-state index is -3.66. The van der Waals surface area contributed by atoms with E-state index in [4.69, 9.17) is 4.74 Å². The molecule has 0 unspecified atom stereocenters. The molecule has 3 rings (SSSR count). The van der Waals surface area contributed by atoms with Gasteiger partial charge in [0.05, 0.1) is 17.5 Å². The predicted molar refractivity (Wildman–Crippen MR) is 106 cm³/mol. The second kappa shape index (κ2) is 7.54. The van der Waals surface area contributed by atoms with Crippen LogP contribution in [0.5, 0.6) is 5.75 Å². The standard InChI is InChI=1S/C20H22N2O4S/c1-13-5-4-6-15-12-16(20(23)22-19(13)15)9-10-21-27(24,25)17-7-8-18(26-3)14(2)11-17/h4-8,11-12,21H,9-10H2,1-3H3,(H,22,23). The molecule has 2 aromatic carbocycles. The maximum atomic E-state index is 12.5. The van der Waals surface area contributed by atoms with Crippen LogP contribution in [-0.4, -0.2) is 27.1 Å². The van der Waals surface area contributed by atoms with E-state index in [-0.39, 0.29) is 17.0 Å². The van der Waals surface area contributed by atoms with Gasteiger partial charge in [0.2, 0.25) is 10.0 Å². The van der Waals surface area contributed by atoms with Gasteiger partial charge in [0.1, 0.15) is 5.75 Å². The highest BCUT2D eigenvalue weighted by molar-refractivity contribution is 7.89. The summed E-state index contributed by atoms with van der Waals surface area (Å²) < 4.78 is 32.7. The Hall–Kier alpha value is -2.64. The summed E-state index contributed by atoms with van der Waals surface area (Å²) in [7, 11) is -2.12. The molecule has 2 N–H and O–H groups in total. The van der Waals surface area contributed by atoms with Gasteiger partial charge < -0.3 is 9.72 Å². The van der Waals surface area contributed by atoms with Crippen LogP contribution in [0.3, 0.4) is 0 Å². The number of ether oxygens (including phenoxy) is 1. The second-order valence-electron chi connectivity index (χ2n) is 6.44. The van der Waals surface area contributed by atoms with Crippen molar-refractivity contribution in [3.05, 3.63) is 69.5 Å². The Morgan fingerprint density at radius 3 is 2.56 bits per heavy atom. The van der Waals surface area contributed by atoms with Crippen LogP contribution in [0.1, 0.15) is 16.7 Å². The summed E-state index contributed by atoms with van der Waals surface area (Å²) in [6, 6.07) is 12.3. The zero-order valence-corrected chi connectivity index (χ0v) is 16.3. The lowest BCUT2D eigenvalue weighted by Crippen LogP contribution is -2.27. The number of para-hydroxylation sites is 1. The molecule has 27 heavy (non-hydrogen) atoms. The van der Waals surface area contributed by atoms with E-state index in [0.717, 1.165) is 22.0 Å². The Kier molecular flexibility index (Phi) is 5.34. The maximum Gasteiger partial charge on any atom is 0.251 e. The van der Waals surface area contributed by atoms with E-state index in [1.165, 1.54) is 13.2 Å². The van der Waals surface area contributed by atoms with E-state index < -0.39 is 10.0 Å². The van der Waals surface area contributed by atoms with Gasteiger partial charge in [-0.25, -0.2) is 13.1 Å². The zero-order chi connectivity index (χ0) is 19.6. The monoisotopic (exact) mass is 386 g/mol. The Morgan fingerprint density at radius 1 is 1.07 bits per heavy atom. The number of H-pyrrole nitrogens is 1. The van der Waals surface area contributed by atoms with Crippen molar-refractivity contribution < 1.29 is 13.2 Å². The number of nitrogens with one attached hydrogen (secondary N) is 2. The Labute approximate surface area is 158 Å². The molecule has 0 radical (unpaired) electrons. The van der Waals surface area contributed by atoms with Crippen molar-refractivity contribution >= 4 is 20.9 Å². The number of aryl methyl sites for hydroxylation is 2. The second-order valence-corrected chi connectivity index (χ2v) is 8.21. The van der Waals surface area contributed by atoms with Crippen molar-refractivity contribution in [2.45, 2.75) is 25.2 Å². The number of methoxy groups -OCH3 is 1. The molecule has 7 heteroatoms. The third-order valence-electron chi connectivity index (χ3n) is 4.53. The van der Waals surface area contributed by atoms with Crippen molar-refractivity contribution in [3.63, 3.8) is 0 Å². The van der Waals surface area contributed by atoms with E-state index >= 15 is 0 Å². The fraction of sp³-hybridized carbons (Fsp3) is 0.250. The number of fused-ring (bicyclic) bond motifs is 1. The number of aromatic amines is 1. The Morgan fingerprint density at radius 2 is 1.85 bits per heavy atom. The highest BCUT2D eigenvalue weighted by atomic mass is 32.2. The van der Waals surface area contributed by atoms with Crippen LogP contribution in [-0.2, 0) is 16.4 Å². The fourth-order valence-corrected chi connectivity index (χ4v) is 4.15. The van der Waals surface area contributed by atoms with Crippen LogP contribution < -0.4 is 15.0 Å². The lowest BCUT2D eigenvalue weighted by Gasteiger charge is -2.10. The number of aromatic nitrogens is 1. The molecule has 0 aliphatic carbocycles. The molecule has 0 atom stereocenters. The lowest BCUT2D eigenvalue weighted by atomic mass is 10.1. The number of rotatable bonds is 6. The molecule has 0 aliphatic rings. The average Bonchev–Trinajstić information content (AvgIpc) is 2.63. The van der Waals surface area contributed by atoms with Crippen LogP contribution in [0.15, 0.2) is 52.2 Å². The van der Waals surface area contributed by atoms with Crippen molar-refractivity contribution in [2.75, 3.05) is 13.7 Å². The molecular weight excluding hydrogens is 364 g/mol. The summed E-state index contributed by atoms with van der Waals surface area (Å²) in [6.45, 7) is 3.85. The molecule has 1 heterocycles. The quantitative estimate of drug-likeness (QED) is 0.682. The summed E-state index contributed by atoms with van der Waals surface area (Å²) in [5.74, 6) is 0.631. The minimum absolute atomic E-state index is 0.133. The van der Waals surface area contributed by atoms with Gasteiger partial charge in [0, 0.05) is 12.1 Å². The molecule has 0 fully saturated rings. The van der Waals surface area contributed by atoms with Crippen molar-refractivity contribution in [2.24, 2.45) is 0 Å². The highest BCUT2D eigenvalue weighted by Crippen LogP contribution is 2.21.